The number of likely N-dealkylation sites (tertiary alicyclic amines) is 1. The lowest BCUT2D eigenvalue weighted by Gasteiger charge is -2.47. The molecule has 1 fully saturated rings. The quantitative estimate of drug-likeness (QED) is 0.551. The summed E-state index contributed by atoms with van der Waals surface area (Å²) in [7, 11) is 1.93. The zero-order valence-corrected chi connectivity index (χ0v) is 6.77. The topological polar surface area (TPSA) is 32.3 Å². The number of carbonyl (C=O) groups excluding carboxylic acids is 1. The highest BCUT2D eigenvalue weighted by atomic mass is 16.2. The van der Waals surface area contributed by atoms with E-state index < -0.39 is 0 Å². The van der Waals surface area contributed by atoms with Crippen LogP contribution in [-0.4, -0.2) is 36.5 Å². The molecule has 1 N–H and O–H groups in total. The average Bonchev–Trinajstić information content (AvgIpc) is 1.80. The van der Waals surface area contributed by atoms with Crippen LogP contribution < -0.4 is 5.32 Å². The first-order valence-corrected chi connectivity index (χ1v) is 3.52. The minimum Gasteiger partial charge on any atom is -0.339 e. The summed E-state index contributed by atoms with van der Waals surface area (Å²) < 4.78 is 0. The van der Waals surface area contributed by atoms with Crippen LogP contribution in [0.25, 0.3) is 0 Å². The summed E-state index contributed by atoms with van der Waals surface area (Å²) in [6, 6.07) is 0. The van der Waals surface area contributed by atoms with Crippen LogP contribution in [0.15, 0.2) is 0 Å². The van der Waals surface area contributed by atoms with Gasteiger partial charge in [0.15, 0.2) is 0 Å². The van der Waals surface area contributed by atoms with Gasteiger partial charge in [0.05, 0.1) is 5.54 Å². The predicted octanol–water partition coefficient (Wildman–Crippen LogP) is -0.173. The van der Waals surface area contributed by atoms with Crippen molar-refractivity contribution in [1.29, 1.82) is 0 Å². The summed E-state index contributed by atoms with van der Waals surface area (Å²) in [5.41, 5.74) is 0.172. The number of hydrogen-bond donors (Lipinski definition) is 1. The van der Waals surface area contributed by atoms with E-state index in [0.29, 0.717) is 0 Å². The molecule has 1 heterocycles. The number of likely N-dealkylation sites (N-methyl/N-ethyl adjacent to an activating group) is 1. The summed E-state index contributed by atoms with van der Waals surface area (Å²) in [6.45, 7) is 5.42. The average molecular weight is 142 g/mol. The Morgan fingerprint density at radius 1 is 1.60 bits per heavy atom. The molecule has 1 aliphatic rings. The van der Waals surface area contributed by atoms with Gasteiger partial charge in [-0.3, -0.25) is 4.79 Å². The fourth-order valence-electron chi connectivity index (χ4n) is 1.18. The van der Waals surface area contributed by atoms with Gasteiger partial charge in [-0.25, -0.2) is 0 Å². The highest BCUT2D eigenvalue weighted by molar-refractivity contribution is 5.74. The standard InChI is InChI=1S/C7H14N2O/c1-6(10)9-4-7(2,5-9)8-3/h8H,4-5H2,1-3H3. The van der Waals surface area contributed by atoms with E-state index in [2.05, 4.69) is 12.2 Å². The molecule has 1 aliphatic heterocycles. The normalized spacial score (nSPS) is 22.1. The van der Waals surface area contributed by atoms with Gasteiger partial charge in [-0.1, -0.05) is 0 Å². The van der Waals surface area contributed by atoms with Crippen molar-refractivity contribution >= 4 is 5.91 Å². The molecule has 1 amide bonds. The Hall–Kier alpha value is -0.570. The third-order valence-electron chi connectivity index (χ3n) is 2.13. The Balaban J connectivity index is 2.36. The van der Waals surface area contributed by atoms with Crippen molar-refractivity contribution in [3.8, 4) is 0 Å². The van der Waals surface area contributed by atoms with Crippen LogP contribution in [0.3, 0.4) is 0 Å². The second kappa shape index (κ2) is 2.23. The molecule has 0 aliphatic carbocycles. The van der Waals surface area contributed by atoms with E-state index in [1.54, 1.807) is 6.92 Å². The molecule has 58 valence electrons. The minimum atomic E-state index is 0.172. The highest BCUT2D eigenvalue weighted by Gasteiger charge is 2.38. The van der Waals surface area contributed by atoms with Crippen LogP contribution in [0.4, 0.5) is 0 Å². The second-order valence-corrected chi connectivity index (χ2v) is 3.19. The second-order valence-electron chi connectivity index (χ2n) is 3.19. The van der Waals surface area contributed by atoms with E-state index in [0.717, 1.165) is 13.1 Å². The maximum Gasteiger partial charge on any atom is 0.219 e. The molecule has 0 aromatic carbocycles. The Bertz CT molecular complexity index is 150. The summed E-state index contributed by atoms with van der Waals surface area (Å²) in [5, 5.41) is 3.17. The zero-order chi connectivity index (χ0) is 7.78. The summed E-state index contributed by atoms with van der Waals surface area (Å²) in [4.78, 5) is 12.6. The number of nitrogens with zero attached hydrogens (tertiary/aromatic N) is 1. The zero-order valence-electron chi connectivity index (χ0n) is 6.77. The van der Waals surface area contributed by atoms with Crippen LogP contribution in [0.1, 0.15) is 13.8 Å². The molecule has 10 heavy (non-hydrogen) atoms. The molecular formula is C7H14N2O. The van der Waals surface area contributed by atoms with Gasteiger partial charge < -0.3 is 10.2 Å². The Kier molecular flexibility index (Phi) is 1.68. The van der Waals surface area contributed by atoms with Crippen LogP contribution in [0, 0.1) is 0 Å². The largest absolute Gasteiger partial charge is 0.339 e. The maximum atomic E-state index is 10.7. The van der Waals surface area contributed by atoms with Gasteiger partial charge in [0, 0.05) is 20.0 Å². The Morgan fingerprint density at radius 3 is 2.40 bits per heavy atom. The Morgan fingerprint density at radius 2 is 2.10 bits per heavy atom. The van der Waals surface area contributed by atoms with E-state index in [-0.39, 0.29) is 11.4 Å². The van der Waals surface area contributed by atoms with E-state index >= 15 is 0 Å². The first-order valence-electron chi connectivity index (χ1n) is 3.52. The fourth-order valence-corrected chi connectivity index (χ4v) is 1.18. The summed E-state index contributed by atoms with van der Waals surface area (Å²) in [6.07, 6.45) is 0. The highest BCUT2D eigenvalue weighted by Crippen LogP contribution is 2.18. The summed E-state index contributed by atoms with van der Waals surface area (Å²) in [5.74, 6) is 0.174. The first kappa shape index (κ1) is 7.54. The lowest BCUT2D eigenvalue weighted by molar-refractivity contribution is -0.136. The molecule has 0 unspecified atom stereocenters. The third kappa shape index (κ3) is 1.14. The minimum absolute atomic E-state index is 0.172. The molecule has 1 saturated heterocycles. The molecule has 0 saturated carbocycles. The molecule has 0 aromatic heterocycles. The van der Waals surface area contributed by atoms with Crippen LogP contribution in [0.2, 0.25) is 0 Å². The van der Waals surface area contributed by atoms with Gasteiger partial charge in [0.1, 0.15) is 0 Å². The molecule has 0 atom stereocenters. The van der Waals surface area contributed by atoms with Crippen molar-refractivity contribution in [3.63, 3.8) is 0 Å². The lowest BCUT2D eigenvalue weighted by atomic mass is 9.93. The van der Waals surface area contributed by atoms with E-state index in [1.165, 1.54) is 0 Å². The monoisotopic (exact) mass is 142 g/mol. The SMILES string of the molecule is CNC1(C)CN(C(C)=O)C1. The van der Waals surface area contributed by atoms with E-state index in [4.69, 9.17) is 0 Å². The first-order chi connectivity index (χ1) is 4.57. The molecule has 3 heteroatoms. The molecule has 0 spiro atoms. The van der Waals surface area contributed by atoms with Gasteiger partial charge in [-0.2, -0.15) is 0 Å². The van der Waals surface area contributed by atoms with Crippen LogP contribution >= 0.6 is 0 Å². The third-order valence-corrected chi connectivity index (χ3v) is 2.13. The summed E-state index contributed by atoms with van der Waals surface area (Å²) >= 11 is 0. The number of rotatable bonds is 1. The van der Waals surface area contributed by atoms with Gasteiger partial charge >= 0.3 is 0 Å². The molecule has 0 aromatic rings. The van der Waals surface area contributed by atoms with Crippen LogP contribution in [0.5, 0.6) is 0 Å². The number of nitrogens with one attached hydrogen (secondary N) is 1. The fraction of sp³-hybridized carbons (Fsp3) is 0.857. The number of amides is 1. The molecule has 0 radical (unpaired) electrons. The van der Waals surface area contributed by atoms with Gasteiger partial charge in [0.2, 0.25) is 5.91 Å². The van der Waals surface area contributed by atoms with Crippen molar-refractivity contribution in [1.82, 2.24) is 10.2 Å². The van der Waals surface area contributed by atoms with Gasteiger partial charge in [-0.15, -0.1) is 0 Å². The van der Waals surface area contributed by atoms with E-state index in [9.17, 15) is 4.79 Å². The van der Waals surface area contributed by atoms with E-state index in [1.807, 2.05) is 11.9 Å². The predicted molar refractivity (Wildman–Crippen MR) is 39.7 cm³/mol. The van der Waals surface area contributed by atoms with Gasteiger partial charge in [-0.05, 0) is 14.0 Å². The number of carbonyl (C=O) groups is 1. The molecule has 3 nitrogen and oxygen atoms in total. The van der Waals surface area contributed by atoms with Gasteiger partial charge in [0.25, 0.3) is 0 Å². The maximum absolute atomic E-state index is 10.7. The van der Waals surface area contributed by atoms with Crippen LogP contribution in [-0.2, 0) is 4.79 Å². The molecule has 0 bridgehead atoms. The number of hydrogen-bond acceptors (Lipinski definition) is 2. The lowest BCUT2D eigenvalue weighted by Crippen LogP contribution is -2.67. The van der Waals surface area contributed by atoms with Crippen molar-refractivity contribution in [2.24, 2.45) is 0 Å². The molecular weight excluding hydrogens is 128 g/mol. The molecule has 1 rings (SSSR count). The Labute approximate surface area is 61.4 Å². The van der Waals surface area contributed by atoms with Crippen molar-refractivity contribution in [2.75, 3.05) is 20.1 Å². The van der Waals surface area contributed by atoms with Crippen molar-refractivity contribution in [2.45, 2.75) is 19.4 Å². The van der Waals surface area contributed by atoms with Crippen molar-refractivity contribution in [3.05, 3.63) is 0 Å². The van der Waals surface area contributed by atoms with Crippen molar-refractivity contribution < 1.29 is 4.79 Å². The smallest absolute Gasteiger partial charge is 0.219 e.